The molecule has 1 aliphatic rings. The fraction of sp³-hybridized carbons (Fsp3) is 0.308. The number of nitrogens with one attached hydrogen (secondary N) is 1. The van der Waals surface area contributed by atoms with Crippen molar-refractivity contribution in [3.8, 4) is 0 Å². The SMILES string of the molecule is CCCC(=O)c1nc(NS(=O)(=O)c2ccc(C(F)(F)F)cc2Cl)ccc1Sc1ccc(S(=O)(=O)N2CCCC2)cc1. The van der Waals surface area contributed by atoms with Gasteiger partial charge in [-0.2, -0.15) is 17.5 Å². The summed E-state index contributed by atoms with van der Waals surface area (Å²) in [6.07, 6.45) is -2.43. The molecule has 1 fully saturated rings. The van der Waals surface area contributed by atoms with Gasteiger partial charge in [-0.3, -0.25) is 9.52 Å². The Morgan fingerprint density at radius 2 is 1.68 bits per heavy atom. The number of carbonyl (C=O) groups excluding carboxylic acids is 1. The zero-order valence-electron chi connectivity index (χ0n) is 21.6. The molecule has 2 heterocycles. The minimum atomic E-state index is -4.70. The Kier molecular flexibility index (Phi) is 9.38. The first-order valence-corrected chi connectivity index (χ1v) is 16.6. The average molecular weight is 648 g/mol. The van der Waals surface area contributed by atoms with E-state index >= 15 is 0 Å². The van der Waals surface area contributed by atoms with E-state index < -0.39 is 41.7 Å². The molecule has 0 amide bonds. The second kappa shape index (κ2) is 12.3. The van der Waals surface area contributed by atoms with E-state index in [1.165, 1.54) is 28.6 Å². The Labute approximate surface area is 245 Å². The highest BCUT2D eigenvalue weighted by Gasteiger charge is 2.32. The fourth-order valence-electron chi connectivity index (χ4n) is 4.10. The van der Waals surface area contributed by atoms with Crippen LogP contribution in [0.5, 0.6) is 0 Å². The molecule has 0 spiro atoms. The van der Waals surface area contributed by atoms with Crippen LogP contribution in [0.2, 0.25) is 5.02 Å². The Morgan fingerprint density at radius 1 is 1.02 bits per heavy atom. The minimum Gasteiger partial charge on any atom is -0.292 e. The number of carbonyl (C=O) groups is 1. The van der Waals surface area contributed by atoms with Crippen LogP contribution in [0.3, 0.4) is 0 Å². The van der Waals surface area contributed by atoms with Gasteiger partial charge in [0, 0.05) is 29.3 Å². The highest BCUT2D eigenvalue weighted by molar-refractivity contribution is 7.99. The van der Waals surface area contributed by atoms with Crippen molar-refractivity contribution in [3.05, 3.63) is 70.9 Å². The van der Waals surface area contributed by atoms with Gasteiger partial charge in [-0.1, -0.05) is 30.3 Å². The Balaban J connectivity index is 1.59. The first kappa shape index (κ1) is 31.3. The van der Waals surface area contributed by atoms with E-state index in [0.717, 1.165) is 30.7 Å². The van der Waals surface area contributed by atoms with Crippen molar-refractivity contribution >= 4 is 55.0 Å². The summed E-state index contributed by atoms with van der Waals surface area (Å²) in [4.78, 5) is 17.7. The third kappa shape index (κ3) is 7.23. The first-order valence-electron chi connectivity index (χ1n) is 12.4. The van der Waals surface area contributed by atoms with Crippen LogP contribution in [0.1, 0.15) is 48.7 Å². The number of Topliss-reactive ketones (excluding diaryl/α,β-unsaturated/α-hetero) is 1. The van der Waals surface area contributed by atoms with E-state index in [2.05, 4.69) is 9.71 Å². The molecule has 0 radical (unpaired) electrons. The van der Waals surface area contributed by atoms with Crippen LogP contribution in [0.25, 0.3) is 0 Å². The summed E-state index contributed by atoms with van der Waals surface area (Å²) in [7, 11) is -8.04. The van der Waals surface area contributed by atoms with E-state index in [-0.39, 0.29) is 28.6 Å². The molecular formula is C26H25ClF3N3O5S3. The van der Waals surface area contributed by atoms with Crippen molar-refractivity contribution in [1.82, 2.24) is 9.29 Å². The lowest BCUT2D eigenvalue weighted by molar-refractivity contribution is -0.137. The fourth-order valence-corrected chi connectivity index (χ4v) is 8.09. The van der Waals surface area contributed by atoms with E-state index in [0.29, 0.717) is 41.4 Å². The summed E-state index contributed by atoms with van der Waals surface area (Å²) in [6.45, 7) is 2.76. The zero-order valence-corrected chi connectivity index (χ0v) is 24.8. The third-order valence-electron chi connectivity index (χ3n) is 6.14. The number of rotatable bonds is 10. The van der Waals surface area contributed by atoms with Gasteiger partial charge in [0.15, 0.2) is 5.78 Å². The van der Waals surface area contributed by atoms with Crippen LogP contribution < -0.4 is 4.72 Å². The normalized spacial score (nSPS) is 14.8. The van der Waals surface area contributed by atoms with Gasteiger partial charge in [-0.25, -0.2) is 21.8 Å². The van der Waals surface area contributed by atoms with Gasteiger partial charge in [0.05, 0.1) is 15.5 Å². The quantitative estimate of drug-likeness (QED) is 0.251. The molecule has 2 aromatic carbocycles. The molecule has 15 heteroatoms. The average Bonchev–Trinajstić information content (AvgIpc) is 3.45. The number of sulfonamides is 2. The highest BCUT2D eigenvalue weighted by atomic mass is 35.5. The Bertz CT molecular complexity index is 1660. The van der Waals surface area contributed by atoms with Crippen molar-refractivity contribution in [2.45, 2.75) is 58.4 Å². The summed E-state index contributed by atoms with van der Waals surface area (Å²) < 4.78 is 93.9. The van der Waals surface area contributed by atoms with Gasteiger partial charge in [0.2, 0.25) is 10.0 Å². The van der Waals surface area contributed by atoms with Crippen LogP contribution in [-0.2, 0) is 26.2 Å². The molecule has 1 aromatic heterocycles. The van der Waals surface area contributed by atoms with E-state index in [9.17, 15) is 34.8 Å². The molecule has 41 heavy (non-hydrogen) atoms. The maximum Gasteiger partial charge on any atom is 0.416 e. The van der Waals surface area contributed by atoms with Gasteiger partial charge in [0.1, 0.15) is 16.4 Å². The smallest absolute Gasteiger partial charge is 0.292 e. The minimum absolute atomic E-state index is 0.00988. The lowest BCUT2D eigenvalue weighted by Crippen LogP contribution is -2.27. The molecule has 220 valence electrons. The van der Waals surface area contributed by atoms with Crippen LogP contribution in [0.4, 0.5) is 19.0 Å². The third-order valence-corrected chi connectivity index (χ3v) is 10.9. The van der Waals surface area contributed by atoms with Crippen molar-refractivity contribution in [1.29, 1.82) is 0 Å². The number of ketones is 1. The summed E-state index contributed by atoms with van der Waals surface area (Å²) in [5.41, 5.74) is -1.11. The van der Waals surface area contributed by atoms with Gasteiger partial charge >= 0.3 is 6.18 Å². The second-order valence-corrected chi connectivity index (χ2v) is 14.3. The molecule has 0 unspecified atom stereocenters. The first-order chi connectivity index (χ1) is 19.2. The van der Waals surface area contributed by atoms with Gasteiger partial charge in [-0.05, 0) is 73.9 Å². The number of hydrogen-bond acceptors (Lipinski definition) is 7. The Morgan fingerprint density at radius 3 is 2.27 bits per heavy atom. The summed E-state index contributed by atoms with van der Waals surface area (Å²) in [5, 5.41) is -0.628. The number of aromatic nitrogens is 1. The van der Waals surface area contributed by atoms with E-state index in [1.807, 2.05) is 0 Å². The molecular weight excluding hydrogens is 623 g/mol. The molecule has 1 aliphatic heterocycles. The van der Waals surface area contributed by atoms with E-state index in [4.69, 9.17) is 11.6 Å². The second-order valence-electron chi connectivity index (χ2n) is 9.15. The molecule has 4 rings (SSSR count). The molecule has 0 saturated carbocycles. The largest absolute Gasteiger partial charge is 0.416 e. The lowest BCUT2D eigenvalue weighted by Gasteiger charge is -2.16. The van der Waals surface area contributed by atoms with Crippen LogP contribution in [0, 0.1) is 0 Å². The lowest BCUT2D eigenvalue weighted by atomic mass is 10.1. The number of hydrogen-bond donors (Lipinski definition) is 1. The van der Waals surface area contributed by atoms with Crippen molar-refractivity contribution in [2.75, 3.05) is 17.8 Å². The summed E-state index contributed by atoms with van der Waals surface area (Å²) in [5.74, 6) is -0.575. The van der Waals surface area contributed by atoms with Crippen molar-refractivity contribution in [3.63, 3.8) is 0 Å². The summed E-state index contributed by atoms with van der Waals surface area (Å²) >= 11 is 7.02. The molecule has 0 bridgehead atoms. The molecule has 0 atom stereocenters. The molecule has 3 aromatic rings. The molecule has 0 aliphatic carbocycles. The van der Waals surface area contributed by atoms with Gasteiger partial charge in [0.25, 0.3) is 10.0 Å². The standard InChI is InChI=1S/C26H25ClF3N3O5S3/c1-2-5-21(34)25-22(39-18-7-9-19(10-8-18)41(37,38)33-14-3-4-15-33)11-13-24(31-25)32-40(35,36)23-12-6-17(16-20(23)27)26(28,29)30/h6-13,16H,2-5,14-15H2,1H3,(H,31,32). The molecule has 1 saturated heterocycles. The number of pyridine rings is 1. The summed E-state index contributed by atoms with van der Waals surface area (Å²) in [6, 6.07) is 10.9. The maximum atomic E-state index is 13.0. The van der Waals surface area contributed by atoms with Gasteiger partial charge < -0.3 is 0 Å². The van der Waals surface area contributed by atoms with Crippen molar-refractivity contribution < 1.29 is 34.8 Å². The monoisotopic (exact) mass is 647 g/mol. The van der Waals surface area contributed by atoms with E-state index in [1.54, 1.807) is 19.1 Å². The number of halogens is 4. The number of benzene rings is 2. The van der Waals surface area contributed by atoms with Crippen LogP contribution in [0.15, 0.2) is 74.2 Å². The number of anilines is 1. The van der Waals surface area contributed by atoms with Crippen LogP contribution >= 0.6 is 23.4 Å². The molecule has 8 nitrogen and oxygen atoms in total. The predicted molar refractivity (Wildman–Crippen MR) is 149 cm³/mol. The molecule has 1 N–H and O–H groups in total. The van der Waals surface area contributed by atoms with Gasteiger partial charge in [-0.15, -0.1) is 0 Å². The van der Waals surface area contributed by atoms with Crippen LogP contribution in [-0.4, -0.2) is 45.0 Å². The highest BCUT2D eigenvalue weighted by Crippen LogP contribution is 2.35. The zero-order chi connectivity index (χ0) is 30.0. The predicted octanol–water partition coefficient (Wildman–Crippen LogP) is 6.47. The number of alkyl halides is 3. The van der Waals surface area contributed by atoms with Crippen molar-refractivity contribution in [2.24, 2.45) is 0 Å². The topological polar surface area (TPSA) is 114 Å². The Hall–Kier alpha value is -2.65. The number of nitrogens with zero attached hydrogens (tertiary/aromatic N) is 2. The maximum absolute atomic E-state index is 13.0.